The summed E-state index contributed by atoms with van der Waals surface area (Å²) in [7, 11) is 5.01. The van der Waals surface area contributed by atoms with Gasteiger partial charge in [-0.05, 0) is 113 Å². The Morgan fingerprint density at radius 3 is 1.87 bits per heavy atom. The molecule has 1 spiro atoms. The number of methoxy groups -OCH3 is 1. The monoisotopic (exact) mass is 2140 g/mol. The molecule has 3 aromatic carbocycles. The number of para-hydroxylation sites is 1. The lowest BCUT2D eigenvalue weighted by Gasteiger charge is -2.59. The normalized spacial score (nSPS) is 24.9. The number of Topliss-reactive ketones (excluding diaryl/α,β-unsaturated/α-hetero) is 4. The minimum Gasteiger partial charge on any atom is -0.496 e. The highest BCUT2D eigenvalue weighted by Crippen LogP contribution is 2.65. The Labute approximate surface area is 868 Å². The molecule has 12 rings (SSSR count). The molecule has 1 aliphatic carbocycles. The van der Waals surface area contributed by atoms with Crippen LogP contribution in [0, 0.1) is 29.6 Å². The predicted octanol–water partition coefficient (Wildman–Crippen LogP) is -5.99. The number of carbonyl (C=O) groups is 11. The number of aromatic amines is 2. The van der Waals surface area contributed by atoms with Gasteiger partial charge in [0.2, 0.25) is 23.7 Å². The summed E-state index contributed by atoms with van der Waals surface area (Å²) < 4.78 is 12.0. The van der Waals surface area contributed by atoms with Gasteiger partial charge < -0.3 is 154 Å². The molecule has 4 amide bonds. The van der Waals surface area contributed by atoms with E-state index in [4.69, 9.17) is 15.2 Å². The van der Waals surface area contributed by atoms with Crippen molar-refractivity contribution in [3.05, 3.63) is 128 Å². The van der Waals surface area contributed by atoms with Crippen molar-refractivity contribution in [1.29, 1.82) is 0 Å². The Bertz CT molecular complexity index is 5950. The van der Waals surface area contributed by atoms with Gasteiger partial charge in [-0.15, -0.1) is 0 Å². The summed E-state index contributed by atoms with van der Waals surface area (Å²) in [5.74, 6) is -24.6. The number of carboxylic acid groups (broad SMARTS) is 2. The number of piperidine rings is 1. The zero-order valence-corrected chi connectivity index (χ0v) is 85.2. The van der Waals surface area contributed by atoms with Crippen molar-refractivity contribution in [2.24, 2.45) is 29.6 Å². The number of aliphatic hydroxyl groups is 19. The van der Waals surface area contributed by atoms with Gasteiger partial charge >= 0.3 is 17.9 Å². The second kappa shape index (κ2) is 50.5. The van der Waals surface area contributed by atoms with E-state index in [1.165, 1.54) is 18.3 Å². The zero-order valence-electron chi connectivity index (χ0n) is 83.6. The number of ether oxygens (including phenoxy) is 2. The molecule has 1 saturated carbocycles. The number of nitrogens with one attached hydrogen (secondary N) is 6. The summed E-state index contributed by atoms with van der Waals surface area (Å²) in [5.41, 5.74) is 6.76. The number of aryl methyl sites for hydroxylation is 2. The number of hydrogen-bond donors (Lipinski definition) is 28. The number of aliphatic carboxylic acids is 2. The molecule has 5 aliphatic heterocycles. The van der Waals surface area contributed by atoms with Gasteiger partial charge in [0.05, 0.1) is 80.9 Å². The van der Waals surface area contributed by atoms with Crippen LogP contribution < -0.4 is 42.2 Å². The highest BCUT2D eigenvalue weighted by atomic mass is 33.1. The van der Waals surface area contributed by atoms with Crippen molar-refractivity contribution in [3.8, 4) is 5.75 Å². The minimum atomic E-state index is -2.88. The SMILES string of the molecule is CCC1=CCN2CC[C@]34c5cc([C@@]6(C)CC7N(CCC[C@@]7(O)CC)CCc7c6[nH]c6ccccc76)c(OC)cc5N(C)[C@H]3[C@@](O)(C(=O)NCC(=O)OCCSSC[C@H](CC(=O)[C@@H](NC(=O)[C@@H](CC(=O)[C@@H](NC(=O)C(C)CC(=O)[C@@H](NC(=O)CC[C@H](CC(=O)c3ccc(CCc5cnc6nc(N)[nH]c(=O)c6n5)cc3)C(=O)O)[C@@H](O)[C@H](O)[C@H](O)CO)[C@@H](O)[C@H](O)[C@H](O)CO)[C@@H](O)[C@H](O)[C@H](O)CO)[C@@H](O)[C@H](O)[C@H](O)CO)C(=O)O)[C@H](O)C1[C@H]24. The van der Waals surface area contributed by atoms with Gasteiger partial charge in [0.15, 0.2) is 39.9 Å². The second-order valence-electron chi connectivity index (χ2n) is 40.1. The van der Waals surface area contributed by atoms with Gasteiger partial charge in [-0.3, -0.25) is 72.3 Å². The number of nitrogen functional groups attached to an aromatic ring is 1. The lowest BCUT2D eigenvalue weighted by Crippen LogP contribution is -2.79. The van der Waals surface area contributed by atoms with Crippen LogP contribution in [0.25, 0.3) is 22.1 Å². The van der Waals surface area contributed by atoms with Crippen LogP contribution in [-0.4, -0.2) is 425 Å². The lowest BCUT2D eigenvalue weighted by atomic mass is 9.52. The van der Waals surface area contributed by atoms with Crippen molar-refractivity contribution in [3.63, 3.8) is 0 Å². The van der Waals surface area contributed by atoms with Crippen molar-refractivity contribution in [1.82, 2.24) is 56.0 Å². The molecule has 0 radical (unpaired) electrons. The molecule has 3 fully saturated rings. The maximum atomic E-state index is 15.4. The van der Waals surface area contributed by atoms with Gasteiger partial charge in [0.1, 0.15) is 110 Å². The molecular weight excluding hydrogens is 2010 g/mol. The van der Waals surface area contributed by atoms with E-state index in [1.807, 2.05) is 53.7 Å². The molecule has 150 heavy (non-hydrogen) atoms. The summed E-state index contributed by atoms with van der Waals surface area (Å²) in [6.45, 7) is 2.97. The largest absolute Gasteiger partial charge is 0.496 e. The number of benzene rings is 3. The molecule has 0 bridgehead atoms. The molecule has 824 valence electrons. The van der Waals surface area contributed by atoms with Gasteiger partial charge in [-0.1, -0.05) is 96.5 Å². The number of aliphatic hydroxyl groups excluding tert-OH is 17. The number of anilines is 2. The van der Waals surface area contributed by atoms with Crippen LogP contribution in [0.3, 0.4) is 0 Å². The average molecular weight is 2150 g/mol. The van der Waals surface area contributed by atoms with Crippen LogP contribution in [0.15, 0.2) is 83.3 Å². The van der Waals surface area contributed by atoms with Gasteiger partial charge in [-0.25, -0.2) is 9.97 Å². The molecular formula is C100H137N13O35S2. The van der Waals surface area contributed by atoms with E-state index in [0.29, 0.717) is 80.7 Å². The Hall–Kier alpha value is -10.6. The van der Waals surface area contributed by atoms with E-state index in [-0.39, 0.29) is 40.9 Å². The highest BCUT2D eigenvalue weighted by Gasteiger charge is 2.76. The number of esters is 1. The van der Waals surface area contributed by atoms with Crippen LogP contribution in [0.1, 0.15) is 149 Å². The summed E-state index contributed by atoms with van der Waals surface area (Å²) in [6, 6.07) is 8.56. The molecule has 2 saturated heterocycles. The Balaban J connectivity index is 0.691. The number of hydrogen-bond acceptors (Lipinski definition) is 42. The smallest absolute Gasteiger partial charge is 0.325 e. The Kier molecular flexibility index (Phi) is 39.8. The summed E-state index contributed by atoms with van der Waals surface area (Å²) in [5, 5.41) is 241. The van der Waals surface area contributed by atoms with Crippen molar-refractivity contribution >= 4 is 120 Å². The topological polar surface area (TPSA) is 802 Å². The number of nitrogens with zero attached hydrogens (tertiary/aromatic N) is 6. The second-order valence-corrected chi connectivity index (χ2v) is 42.7. The average Bonchev–Trinajstić information content (AvgIpc) is 1.50. The third kappa shape index (κ3) is 24.9. The van der Waals surface area contributed by atoms with Crippen LogP contribution in [0.5, 0.6) is 5.75 Å². The zero-order chi connectivity index (χ0) is 110. The maximum Gasteiger partial charge on any atom is 0.325 e. The molecule has 3 aromatic heterocycles. The fourth-order valence-electron chi connectivity index (χ4n) is 22.4. The molecule has 6 aromatic rings. The number of likely N-dealkylation sites (N-methyl/N-ethyl adjacent to an activating group) is 1. The van der Waals surface area contributed by atoms with E-state index in [0.717, 1.165) is 86.9 Å². The first-order chi connectivity index (χ1) is 71.1. The number of carboxylic acids is 2. The fourth-order valence-corrected chi connectivity index (χ4v) is 24.5. The molecule has 50 heteroatoms. The van der Waals surface area contributed by atoms with Gasteiger partial charge in [-0.2, -0.15) is 4.98 Å². The van der Waals surface area contributed by atoms with Crippen LogP contribution in [0.2, 0.25) is 0 Å². The third-order valence-corrected chi connectivity index (χ3v) is 33.3. The van der Waals surface area contributed by atoms with E-state index >= 15 is 4.79 Å². The summed E-state index contributed by atoms with van der Waals surface area (Å²) >= 11 is 0. The summed E-state index contributed by atoms with van der Waals surface area (Å²) in [6.07, 6.45) is -31.1. The van der Waals surface area contributed by atoms with E-state index in [9.17, 15) is 160 Å². The van der Waals surface area contributed by atoms with Gasteiger partial charge in [0, 0.05) is 138 Å². The molecule has 48 nitrogen and oxygen atoms in total. The van der Waals surface area contributed by atoms with Crippen molar-refractivity contribution in [2.75, 3.05) is 102 Å². The third-order valence-electron chi connectivity index (χ3n) is 30.8. The number of rotatable bonds is 54. The number of carbonyl (C=O) groups excluding carboxylic acids is 9. The molecule has 6 aliphatic rings. The Morgan fingerprint density at radius 1 is 0.667 bits per heavy atom. The first kappa shape index (κ1) is 118. The number of ketones is 4. The van der Waals surface area contributed by atoms with Gasteiger partial charge in [0.25, 0.3) is 11.5 Å². The number of H-pyrrole nitrogens is 2. The van der Waals surface area contributed by atoms with Crippen LogP contribution in [-0.2, 0) is 82.8 Å². The lowest BCUT2D eigenvalue weighted by molar-refractivity contribution is -0.183. The number of nitrogens with two attached hydrogens (primary N) is 1. The summed E-state index contributed by atoms with van der Waals surface area (Å²) in [4.78, 5) is 192. The number of aromatic nitrogens is 5. The predicted molar refractivity (Wildman–Crippen MR) is 536 cm³/mol. The van der Waals surface area contributed by atoms with E-state index in [2.05, 4.69) is 70.5 Å². The van der Waals surface area contributed by atoms with Crippen LogP contribution in [0.4, 0.5) is 11.6 Å². The molecule has 29 N–H and O–H groups in total. The van der Waals surface area contributed by atoms with Crippen molar-refractivity contribution < 1.29 is 169 Å². The first-order valence-corrected chi connectivity index (χ1v) is 52.3. The highest BCUT2D eigenvalue weighted by molar-refractivity contribution is 8.76. The van der Waals surface area contributed by atoms with Crippen LogP contribution >= 0.6 is 21.6 Å². The fraction of sp³-hybridized carbons (Fsp3) is 0.610. The minimum absolute atomic E-state index is 0.0280. The molecule has 3 unspecified atom stereocenters. The standard InChI is InChI=1S/C100H137N13O35S2/c1-7-48-22-27-113-29-25-99-56-36-57(97(4)38-69-98(145,8-2)24-11-26-112(69)28-23-54-53-12-9-10-13-58(53)105-85(54)97)68(147-6)37-59(56)111(5)94(99)100(146,87(136)72(48)86(99)113)95(144)103-40-71(127)148-30-31-149-150-45-51(93(142)143)34-62(120)74(83(134)80(131)66(124)43-116)108-90(138)55(77(128)78(129)64(122)41-114)35-63(121)75(84(135)81(132)67(125)44-117)107-89(137)46(3)32-61(119)73(82(133)79(130)65(123)42-115)106-70(126)21-19-50(92(140)141)33-60(118)49-17-14-47(15-18-49)16-20-52-39-102-88-76(104-52)91(139)110-96(101)109-88/h9-10,12-15,17-18,22,36-37,39,46,50-51,55,64-67,69,72-75,77-84,86-87,94,105,114-117,122-125,128-136,145-146H,7-8,11,16,19-21,23-35,38,40-45H2,1-6H3,(H,103,144)(H,106,126)(H,107,137)(H,108,138)(H,140,141)(H,142,143)(H3,101,102,109,110,139)/t46?,50-,51+,55+,64-,65-,66-,67-,69?,72?,73-,74-,75-,77-,78-,79-,80-,81-,82-,83-,84-,86+,87-,94-,97-,98+,99-,100-/m1/s1. The molecule has 8 heterocycles. The quantitative estimate of drug-likeness (QED) is 0.00556. The van der Waals surface area contributed by atoms with E-state index < -0.39 is 315 Å². The number of fused-ring (bicyclic) bond motifs is 6. The molecule has 28 atom stereocenters. The Morgan fingerprint density at radius 2 is 1.27 bits per heavy atom. The van der Waals surface area contributed by atoms with Crippen molar-refractivity contribution in [2.45, 2.75) is 262 Å². The maximum absolute atomic E-state index is 15.4. The number of amides is 4. The van der Waals surface area contributed by atoms with E-state index in [1.54, 1.807) is 26.3 Å². The first-order valence-electron chi connectivity index (χ1n) is 49.8.